The van der Waals surface area contributed by atoms with Crippen molar-refractivity contribution in [1.82, 2.24) is 10.3 Å². The highest BCUT2D eigenvalue weighted by molar-refractivity contribution is 6.05. The van der Waals surface area contributed by atoms with Crippen LogP contribution < -0.4 is 5.32 Å². The van der Waals surface area contributed by atoms with Crippen molar-refractivity contribution in [3.05, 3.63) is 35.0 Å². The molecule has 0 saturated carbocycles. The molecule has 0 saturated heterocycles. The predicted octanol–water partition coefficient (Wildman–Crippen LogP) is 2.89. The van der Waals surface area contributed by atoms with Gasteiger partial charge in [0.2, 0.25) is 5.91 Å². The van der Waals surface area contributed by atoms with E-state index in [0.29, 0.717) is 12.0 Å². The van der Waals surface area contributed by atoms with Gasteiger partial charge < -0.3 is 15.4 Å². The Morgan fingerprint density at radius 3 is 2.70 bits per heavy atom. The number of amides is 1. The Hall–Kier alpha value is -2.30. The van der Waals surface area contributed by atoms with E-state index in [9.17, 15) is 14.7 Å². The summed E-state index contributed by atoms with van der Waals surface area (Å²) >= 11 is 0. The maximum Gasteiger partial charge on any atom is 0.336 e. The molecule has 1 heterocycles. The smallest absolute Gasteiger partial charge is 0.336 e. The molecule has 2 aromatic rings. The van der Waals surface area contributed by atoms with Crippen molar-refractivity contribution in [3.8, 4) is 0 Å². The molecule has 5 nitrogen and oxygen atoms in total. The monoisotopic (exact) mass is 314 g/mol. The average Bonchev–Trinajstić information content (AvgIpc) is 2.84. The third kappa shape index (κ3) is 2.83. The minimum absolute atomic E-state index is 0.0317. The number of hydrogen-bond donors (Lipinski definition) is 3. The van der Waals surface area contributed by atoms with Crippen molar-refractivity contribution >= 4 is 22.8 Å². The average molecular weight is 314 g/mol. The molecule has 1 aliphatic carbocycles. The van der Waals surface area contributed by atoms with Crippen LogP contribution >= 0.6 is 0 Å². The van der Waals surface area contributed by atoms with Crippen LogP contribution in [0, 0.1) is 5.41 Å². The van der Waals surface area contributed by atoms with Crippen molar-refractivity contribution in [2.75, 3.05) is 0 Å². The lowest BCUT2D eigenvalue weighted by molar-refractivity contribution is -0.129. The van der Waals surface area contributed by atoms with Crippen LogP contribution in [0.25, 0.3) is 10.9 Å². The number of rotatable bonds is 2. The van der Waals surface area contributed by atoms with Crippen LogP contribution in [0.2, 0.25) is 0 Å². The summed E-state index contributed by atoms with van der Waals surface area (Å²) in [6.45, 7) is 5.68. The highest BCUT2D eigenvalue weighted by Gasteiger charge is 2.29. The van der Waals surface area contributed by atoms with Gasteiger partial charge in [-0.25, -0.2) is 4.79 Å². The van der Waals surface area contributed by atoms with E-state index in [1.807, 2.05) is 26.8 Å². The Morgan fingerprint density at radius 1 is 1.30 bits per heavy atom. The number of carboxylic acid groups (broad SMARTS) is 1. The van der Waals surface area contributed by atoms with E-state index in [4.69, 9.17) is 0 Å². The zero-order chi connectivity index (χ0) is 16.8. The molecule has 0 fully saturated rings. The van der Waals surface area contributed by atoms with Gasteiger partial charge >= 0.3 is 5.97 Å². The molecular weight excluding hydrogens is 292 g/mol. The van der Waals surface area contributed by atoms with Crippen LogP contribution in [0.1, 0.15) is 48.8 Å². The number of carboxylic acids is 1. The lowest BCUT2D eigenvalue weighted by Gasteiger charge is -2.27. The Labute approximate surface area is 135 Å². The van der Waals surface area contributed by atoms with E-state index in [-0.39, 0.29) is 11.9 Å². The lowest BCUT2D eigenvalue weighted by atomic mass is 9.88. The SMILES string of the molecule is CC(C)(C)C(=O)NC1CCc2[nH]c3cccc(C(=O)O)c3c2C1. The quantitative estimate of drug-likeness (QED) is 0.797. The summed E-state index contributed by atoms with van der Waals surface area (Å²) in [6, 6.07) is 5.35. The molecule has 0 radical (unpaired) electrons. The van der Waals surface area contributed by atoms with E-state index in [1.165, 1.54) is 0 Å². The highest BCUT2D eigenvalue weighted by Crippen LogP contribution is 2.32. The van der Waals surface area contributed by atoms with Crippen molar-refractivity contribution in [1.29, 1.82) is 0 Å². The van der Waals surface area contributed by atoms with Gasteiger partial charge in [0.25, 0.3) is 0 Å². The second-order valence-corrected chi connectivity index (χ2v) is 7.28. The third-order valence-corrected chi connectivity index (χ3v) is 4.46. The molecule has 1 aromatic heterocycles. The molecule has 0 bridgehead atoms. The first-order valence-electron chi connectivity index (χ1n) is 7.94. The van der Waals surface area contributed by atoms with Crippen LogP contribution in [-0.2, 0) is 17.6 Å². The molecular formula is C18H22N2O3. The number of aromatic amines is 1. The minimum Gasteiger partial charge on any atom is -0.478 e. The van der Waals surface area contributed by atoms with Crippen molar-refractivity contribution < 1.29 is 14.7 Å². The van der Waals surface area contributed by atoms with Gasteiger partial charge in [0.05, 0.1) is 5.56 Å². The van der Waals surface area contributed by atoms with Gasteiger partial charge in [0.15, 0.2) is 0 Å². The van der Waals surface area contributed by atoms with E-state index in [1.54, 1.807) is 12.1 Å². The molecule has 1 aromatic carbocycles. The molecule has 1 aliphatic rings. The van der Waals surface area contributed by atoms with Crippen LogP contribution in [0.3, 0.4) is 0 Å². The normalized spacial score (nSPS) is 17.8. The van der Waals surface area contributed by atoms with Gasteiger partial charge in [0.1, 0.15) is 0 Å². The number of H-pyrrole nitrogens is 1. The van der Waals surface area contributed by atoms with Crippen LogP contribution in [-0.4, -0.2) is 28.0 Å². The molecule has 23 heavy (non-hydrogen) atoms. The molecule has 3 rings (SSSR count). The standard InChI is InChI=1S/C18H22N2O3/c1-18(2,3)17(23)19-10-7-8-13-12(9-10)15-11(16(21)22)5-4-6-14(15)20-13/h4-6,10,20H,7-9H2,1-3H3,(H,19,23)(H,21,22). The Bertz CT molecular complexity index is 783. The highest BCUT2D eigenvalue weighted by atomic mass is 16.4. The van der Waals surface area contributed by atoms with Crippen LogP contribution in [0.5, 0.6) is 0 Å². The molecule has 1 atom stereocenters. The number of hydrogen-bond acceptors (Lipinski definition) is 2. The number of carbonyl (C=O) groups excluding carboxylic acids is 1. The molecule has 5 heteroatoms. The summed E-state index contributed by atoms with van der Waals surface area (Å²) < 4.78 is 0. The maximum absolute atomic E-state index is 12.2. The number of aryl methyl sites for hydroxylation is 1. The van der Waals surface area contributed by atoms with Crippen molar-refractivity contribution in [3.63, 3.8) is 0 Å². The zero-order valence-corrected chi connectivity index (χ0v) is 13.7. The second-order valence-electron chi connectivity index (χ2n) is 7.28. The maximum atomic E-state index is 12.2. The number of nitrogens with one attached hydrogen (secondary N) is 2. The van der Waals surface area contributed by atoms with Gasteiger partial charge in [-0.3, -0.25) is 4.79 Å². The van der Waals surface area contributed by atoms with E-state index in [0.717, 1.165) is 35.0 Å². The summed E-state index contributed by atoms with van der Waals surface area (Å²) in [5.41, 5.74) is 2.88. The summed E-state index contributed by atoms with van der Waals surface area (Å²) in [5.74, 6) is -0.887. The number of carbonyl (C=O) groups is 2. The summed E-state index contributed by atoms with van der Waals surface area (Å²) in [7, 11) is 0. The minimum atomic E-state index is -0.918. The van der Waals surface area contributed by atoms with Gasteiger partial charge in [-0.2, -0.15) is 0 Å². The first-order valence-corrected chi connectivity index (χ1v) is 7.94. The summed E-state index contributed by atoms with van der Waals surface area (Å²) in [6.07, 6.45) is 2.35. The topological polar surface area (TPSA) is 82.2 Å². The predicted molar refractivity (Wildman–Crippen MR) is 88.7 cm³/mol. The third-order valence-electron chi connectivity index (χ3n) is 4.46. The van der Waals surface area contributed by atoms with E-state index in [2.05, 4.69) is 10.3 Å². The van der Waals surface area contributed by atoms with E-state index < -0.39 is 11.4 Å². The Kier molecular flexibility index (Phi) is 3.66. The fourth-order valence-corrected chi connectivity index (χ4v) is 3.18. The van der Waals surface area contributed by atoms with Crippen molar-refractivity contribution in [2.24, 2.45) is 5.41 Å². The second kappa shape index (κ2) is 5.41. The molecule has 0 aliphatic heterocycles. The molecule has 3 N–H and O–H groups in total. The van der Waals surface area contributed by atoms with Gasteiger partial charge in [0, 0.05) is 28.1 Å². The zero-order valence-electron chi connectivity index (χ0n) is 13.7. The summed E-state index contributed by atoms with van der Waals surface area (Å²) in [5, 5.41) is 13.3. The number of benzene rings is 1. The first-order chi connectivity index (χ1) is 10.8. The van der Waals surface area contributed by atoms with E-state index >= 15 is 0 Å². The molecule has 1 amide bonds. The van der Waals surface area contributed by atoms with Gasteiger partial charge in [-0.05, 0) is 37.0 Å². The summed E-state index contributed by atoms with van der Waals surface area (Å²) in [4.78, 5) is 27.1. The van der Waals surface area contributed by atoms with Crippen LogP contribution in [0.4, 0.5) is 0 Å². The fourth-order valence-electron chi connectivity index (χ4n) is 3.18. The molecule has 0 spiro atoms. The first kappa shape index (κ1) is 15.6. The Morgan fingerprint density at radius 2 is 2.04 bits per heavy atom. The molecule has 1 unspecified atom stereocenters. The van der Waals surface area contributed by atoms with Crippen LogP contribution in [0.15, 0.2) is 18.2 Å². The van der Waals surface area contributed by atoms with Gasteiger partial charge in [-0.1, -0.05) is 26.8 Å². The van der Waals surface area contributed by atoms with Crippen molar-refractivity contribution in [2.45, 2.75) is 46.1 Å². The number of aromatic nitrogens is 1. The number of fused-ring (bicyclic) bond motifs is 3. The lowest BCUT2D eigenvalue weighted by Crippen LogP contribution is -2.44. The largest absolute Gasteiger partial charge is 0.478 e. The number of aromatic carboxylic acids is 1. The Balaban J connectivity index is 1.95. The van der Waals surface area contributed by atoms with Gasteiger partial charge in [-0.15, -0.1) is 0 Å². The molecule has 122 valence electrons. The fraction of sp³-hybridized carbons (Fsp3) is 0.444.